The zero-order valence-corrected chi connectivity index (χ0v) is 34.4. The Bertz CT molecular complexity index is 1840. The number of carboxylic acid groups (broad SMARTS) is 3. The molecule has 0 radical (unpaired) electrons. The van der Waals surface area contributed by atoms with Crippen molar-refractivity contribution >= 4 is 39.7 Å². The van der Waals surface area contributed by atoms with Gasteiger partial charge in [-0.05, 0) is 6.92 Å². The number of nitrogens with zero attached hydrogens (tertiary/aromatic N) is 6. The van der Waals surface area contributed by atoms with Crippen LogP contribution in [-0.2, 0) is 34.0 Å². The van der Waals surface area contributed by atoms with Crippen LogP contribution < -0.4 is 5.32 Å². The van der Waals surface area contributed by atoms with E-state index in [1.54, 1.807) is 0 Å². The predicted octanol–water partition coefficient (Wildman–Crippen LogP) is 1.41. The molecule has 0 spiro atoms. The Morgan fingerprint density at radius 2 is 0.818 bits per heavy atom. The number of alkyl halides is 17. The van der Waals surface area contributed by atoms with E-state index in [2.05, 4.69) is 5.32 Å². The minimum absolute atomic E-state index is 0.00298. The summed E-state index contributed by atoms with van der Waals surface area (Å²) in [6, 6.07) is -1.22. The summed E-state index contributed by atoms with van der Waals surface area (Å²) in [6.45, 7) is -7.12. The molecule has 0 aromatic rings. The van der Waals surface area contributed by atoms with Crippen LogP contribution in [0.15, 0.2) is 0 Å². The summed E-state index contributed by atoms with van der Waals surface area (Å²) in [6.07, 6.45) is -7.97. The van der Waals surface area contributed by atoms with Gasteiger partial charge in [-0.3, -0.25) is 43.6 Å². The number of amides is 2. The maximum Gasteiger partial charge on any atom is 0.460 e. The first kappa shape index (κ1) is 58.0. The smallest absolute Gasteiger partial charge is 0.460 e. The van der Waals surface area contributed by atoms with Crippen LogP contribution in [0.1, 0.15) is 6.92 Å². The summed E-state index contributed by atoms with van der Waals surface area (Å²) in [5, 5.41) is 22.4. The monoisotopic (exact) mass is 1030 g/mol. The molecule has 2 fully saturated rings. The average Bonchev–Trinajstić information content (AvgIpc) is 3.17. The number of hydrogen-bond donors (Lipinski definition) is 4. The van der Waals surface area contributed by atoms with Gasteiger partial charge in [0.15, 0.2) is 0 Å². The largest absolute Gasteiger partial charge is 0.480 e. The summed E-state index contributed by atoms with van der Waals surface area (Å²) in [7, 11) is -7.57. The number of carboxylic acids is 3. The predicted molar refractivity (Wildman–Crippen MR) is 184 cm³/mol. The summed E-state index contributed by atoms with van der Waals surface area (Å²) in [5.41, 5.74) is 0. The van der Waals surface area contributed by atoms with E-state index in [4.69, 9.17) is 0 Å². The second-order valence-electron chi connectivity index (χ2n) is 14.7. The molecule has 4 N–H and O–H groups in total. The molecule has 2 heterocycles. The van der Waals surface area contributed by atoms with Crippen LogP contribution in [0, 0.1) is 0 Å². The molecule has 0 bridgehead atoms. The van der Waals surface area contributed by atoms with Crippen molar-refractivity contribution in [2.45, 2.75) is 59.9 Å². The third-order valence-corrected chi connectivity index (χ3v) is 12.2. The van der Waals surface area contributed by atoms with E-state index in [-0.39, 0.29) is 52.4 Å². The van der Waals surface area contributed by atoms with E-state index in [1.165, 1.54) is 26.5 Å². The standard InChI is InChI=1S/C31H40F17N7O10S/c1-18(53-8-6-51(16-21(59)60)4-2-50(15-20(57)58)3-5-52(7-9-53)17-22(61)62)23(63)49-14-19(56)54-10-12-55(13-11-54)66(64,65)31(47,48)29(42,43)27(38,39)25(34,35)24(32,33)26(36,37)28(40,41)30(44,45)46/h18H,2-17H2,1H3,(H,49,63)(H,57,58)(H,59,60)(H,61,62). The van der Waals surface area contributed by atoms with Gasteiger partial charge in [-0.1, -0.05) is 0 Å². The normalized spacial score (nSPS) is 19.7. The molecule has 1 unspecified atom stereocenters. The van der Waals surface area contributed by atoms with E-state index < -0.39 is 149 Å². The molecule has 0 aromatic heterocycles. The Morgan fingerprint density at radius 3 is 1.15 bits per heavy atom. The van der Waals surface area contributed by atoms with Crippen molar-refractivity contribution in [2.24, 2.45) is 0 Å². The van der Waals surface area contributed by atoms with Crippen molar-refractivity contribution in [2.75, 3.05) is 105 Å². The van der Waals surface area contributed by atoms with Crippen molar-refractivity contribution in [3.05, 3.63) is 0 Å². The summed E-state index contributed by atoms with van der Waals surface area (Å²) >= 11 is 0. The lowest BCUT2D eigenvalue weighted by molar-refractivity contribution is -0.458. The van der Waals surface area contributed by atoms with Gasteiger partial charge in [0.05, 0.1) is 32.2 Å². The molecular formula is C31H40F17N7O10S. The zero-order chi connectivity index (χ0) is 51.4. The van der Waals surface area contributed by atoms with Crippen molar-refractivity contribution in [3.63, 3.8) is 0 Å². The van der Waals surface area contributed by atoms with Crippen LogP contribution in [0.5, 0.6) is 0 Å². The maximum atomic E-state index is 14.8. The molecular weight excluding hydrogens is 985 g/mol. The average molecular weight is 1030 g/mol. The molecule has 0 aromatic carbocycles. The Labute approximate surface area is 361 Å². The minimum Gasteiger partial charge on any atom is -0.480 e. The van der Waals surface area contributed by atoms with Crippen LogP contribution >= 0.6 is 0 Å². The highest BCUT2D eigenvalue weighted by Gasteiger charge is 2.96. The van der Waals surface area contributed by atoms with Gasteiger partial charge in [0.25, 0.3) is 10.0 Å². The van der Waals surface area contributed by atoms with Crippen molar-refractivity contribution in [1.29, 1.82) is 0 Å². The first-order valence-electron chi connectivity index (χ1n) is 18.5. The van der Waals surface area contributed by atoms with Gasteiger partial charge in [0.1, 0.15) is 0 Å². The molecule has 2 saturated heterocycles. The van der Waals surface area contributed by atoms with Crippen molar-refractivity contribution in [1.82, 2.24) is 34.1 Å². The second-order valence-corrected chi connectivity index (χ2v) is 16.7. The molecule has 1 atom stereocenters. The molecule has 2 amide bonds. The number of carbonyl (C=O) groups excluding carboxylic acids is 2. The first-order chi connectivity index (χ1) is 29.6. The van der Waals surface area contributed by atoms with Gasteiger partial charge < -0.3 is 25.5 Å². The number of aliphatic carboxylic acids is 3. The van der Waals surface area contributed by atoms with Crippen molar-refractivity contribution in [3.8, 4) is 0 Å². The Kier molecular flexibility index (Phi) is 18.2. The van der Waals surface area contributed by atoms with E-state index in [1.807, 2.05) is 0 Å². The molecule has 17 nitrogen and oxygen atoms in total. The minimum atomic E-state index is -8.99. The maximum absolute atomic E-state index is 14.8. The van der Waals surface area contributed by atoms with Crippen LogP contribution in [-0.4, -0.2) is 240 Å². The number of rotatable bonds is 18. The van der Waals surface area contributed by atoms with Gasteiger partial charge in [0.2, 0.25) is 11.8 Å². The summed E-state index contributed by atoms with van der Waals surface area (Å²) in [5.74, 6) is -58.4. The molecule has 66 heavy (non-hydrogen) atoms. The van der Waals surface area contributed by atoms with Crippen LogP contribution in [0.3, 0.4) is 0 Å². The third kappa shape index (κ3) is 11.8. The van der Waals surface area contributed by atoms with E-state index in [0.717, 1.165) is 0 Å². The number of carbonyl (C=O) groups is 5. The molecule has 0 saturated carbocycles. The number of sulfonamides is 1. The summed E-state index contributed by atoms with van der Waals surface area (Å²) in [4.78, 5) is 66.6. The molecule has 384 valence electrons. The van der Waals surface area contributed by atoms with E-state index >= 15 is 0 Å². The van der Waals surface area contributed by atoms with Gasteiger partial charge in [-0.25, -0.2) is 8.42 Å². The fraction of sp³-hybridized carbons (Fsp3) is 0.839. The number of halogens is 17. The first-order valence-corrected chi connectivity index (χ1v) is 19.9. The van der Waals surface area contributed by atoms with E-state index in [9.17, 15) is 122 Å². The molecule has 2 rings (SSSR count). The third-order valence-electron chi connectivity index (χ3n) is 10.2. The van der Waals surface area contributed by atoms with Crippen LogP contribution in [0.2, 0.25) is 0 Å². The molecule has 2 aliphatic heterocycles. The topological polar surface area (TPSA) is 212 Å². The second kappa shape index (κ2) is 20.6. The number of piperazine rings is 1. The van der Waals surface area contributed by atoms with Gasteiger partial charge in [-0.2, -0.15) is 78.9 Å². The van der Waals surface area contributed by atoms with Gasteiger partial charge >= 0.3 is 64.9 Å². The number of nitrogens with one attached hydrogen (secondary N) is 1. The lowest BCUT2D eigenvalue weighted by atomic mass is 9.91. The highest BCUT2D eigenvalue weighted by atomic mass is 32.2. The fourth-order valence-electron chi connectivity index (χ4n) is 6.23. The van der Waals surface area contributed by atoms with Gasteiger partial charge in [0, 0.05) is 78.5 Å². The van der Waals surface area contributed by atoms with E-state index in [0.29, 0.717) is 4.90 Å². The molecule has 35 heteroatoms. The zero-order valence-electron chi connectivity index (χ0n) is 33.6. The lowest BCUT2D eigenvalue weighted by Crippen LogP contribution is -2.75. The summed E-state index contributed by atoms with van der Waals surface area (Å²) < 4.78 is 257. The van der Waals surface area contributed by atoms with Gasteiger partial charge in [-0.15, -0.1) is 0 Å². The molecule has 2 aliphatic rings. The van der Waals surface area contributed by atoms with Crippen molar-refractivity contribution < 1.29 is 122 Å². The highest BCUT2D eigenvalue weighted by molar-refractivity contribution is 7.90. The quantitative estimate of drug-likeness (QED) is 0.143. The molecule has 0 aliphatic carbocycles. The number of hydrogen-bond acceptors (Lipinski definition) is 11. The Balaban J connectivity index is 2.22. The Hall–Kier alpha value is -4.09. The van der Waals surface area contributed by atoms with Crippen LogP contribution in [0.4, 0.5) is 74.6 Å². The SMILES string of the molecule is CC(C(=O)NCC(=O)N1CCN(S(=O)(=O)C(F)(F)C(F)(F)C(F)(F)C(F)(F)C(F)(F)C(F)(F)C(F)(F)C(F)(F)F)CC1)N1CCN(CC(=O)O)CCN(CC(=O)O)CCN(CC(=O)O)CC1. The highest BCUT2D eigenvalue weighted by Crippen LogP contribution is 2.64. The lowest BCUT2D eigenvalue weighted by Gasteiger charge is -2.43. The Morgan fingerprint density at radius 1 is 0.500 bits per heavy atom. The fourth-order valence-corrected chi connectivity index (χ4v) is 7.65. The van der Waals surface area contributed by atoms with Crippen LogP contribution in [0.25, 0.3) is 0 Å².